The largest absolute Gasteiger partial charge is 0.480 e. The lowest BCUT2D eigenvalue weighted by Crippen LogP contribution is -2.37. The van der Waals surface area contributed by atoms with Crippen LogP contribution in [0.15, 0.2) is 30.3 Å². The summed E-state index contributed by atoms with van der Waals surface area (Å²) >= 11 is 0. The number of aromatic nitrogens is 1. The molecule has 1 aromatic carbocycles. The predicted molar refractivity (Wildman–Crippen MR) is 77.8 cm³/mol. The minimum atomic E-state index is -1.02. The Morgan fingerprint density at radius 3 is 2.71 bits per heavy atom. The highest BCUT2D eigenvalue weighted by Gasteiger charge is 2.35. The molecule has 0 unspecified atom stereocenters. The number of nitrogens with zero attached hydrogens (tertiary/aromatic N) is 2. The molecule has 1 fully saturated rings. The molecular weight excluding hydrogens is 270 g/mol. The fraction of sp³-hybridized carbons (Fsp3) is 0.267. The van der Waals surface area contributed by atoms with Crippen molar-refractivity contribution in [2.24, 2.45) is 0 Å². The molecule has 0 radical (unpaired) electrons. The first-order valence-corrected chi connectivity index (χ1v) is 6.74. The van der Waals surface area contributed by atoms with E-state index in [2.05, 4.69) is 4.98 Å². The van der Waals surface area contributed by atoms with Gasteiger partial charge in [0.05, 0.1) is 5.52 Å². The van der Waals surface area contributed by atoms with Crippen LogP contribution in [0.1, 0.15) is 23.3 Å². The van der Waals surface area contributed by atoms with Gasteiger partial charge in [-0.15, -0.1) is 0 Å². The number of pyridine rings is 1. The second-order valence-corrected chi connectivity index (χ2v) is 5.17. The monoisotopic (exact) mass is 285 g/mol. The maximum atomic E-state index is 12.5. The van der Waals surface area contributed by atoms with Crippen LogP contribution < -0.4 is 5.73 Å². The first-order valence-electron chi connectivity index (χ1n) is 6.74. The van der Waals surface area contributed by atoms with E-state index < -0.39 is 5.97 Å². The van der Waals surface area contributed by atoms with Crippen LogP contribution in [-0.4, -0.2) is 39.5 Å². The number of amides is 1. The first kappa shape index (κ1) is 13.4. The van der Waals surface area contributed by atoms with Gasteiger partial charge in [-0.3, -0.25) is 9.59 Å². The van der Waals surface area contributed by atoms with E-state index in [1.54, 1.807) is 6.07 Å². The van der Waals surface area contributed by atoms with Gasteiger partial charge in [-0.1, -0.05) is 18.2 Å². The Balaban J connectivity index is 1.98. The van der Waals surface area contributed by atoms with Crippen LogP contribution in [-0.2, 0) is 4.79 Å². The zero-order chi connectivity index (χ0) is 15.0. The number of hydrogen-bond acceptors (Lipinski definition) is 4. The average Bonchev–Trinajstić information content (AvgIpc) is 3.28. The molecule has 0 atom stereocenters. The lowest BCUT2D eigenvalue weighted by atomic mass is 10.1. The fourth-order valence-electron chi connectivity index (χ4n) is 2.36. The van der Waals surface area contributed by atoms with Crippen LogP contribution in [0, 0.1) is 0 Å². The van der Waals surface area contributed by atoms with Crippen molar-refractivity contribution in [2.45, 2.75) is 18.9 Å². The zero-order valence-electron chi connectivity index (χ0n) is 11.3. The Labute approximate surface area is 121 Å². The topological polar surface area (TPSA) is 96.5 Å². The summed E-state index contributed by atoms with van der Waals surface area (Å²) in [6, 6.07) is 8.80. The molecule has 108 valence electrons. The number of carboxylic acid groups (broad SMARTS) is 1. The third-order valence-corrected chi connectivity index (χ3v) is 3.52. The van der Waals surface area contributed by atoms with Crippen LogP contribution in [0.25, 0.3) is 10.9 Å². The van der Waals surface area contributed by atoms with Gasteiger partial charge < -0.3 is 15.7 Å². The average molecular weight is 285 g/mol. The van der Waals surface area contributed by atoms with Gasteiger partial charge in [-0.2, -0.15) is 0 Å². The van der Waals surface area contributed by atoms with E-state index in [0.29, 0.717) is 11.2 Å². The molecule has 1 aliphatic rings. The lowest BCUT2D eigenvalue weighted by Gasteiger charge is -2.20. The molecule has 1 aliphatic carbocycles. The molecular formula is C15H15N3O3. The van der Waals surface area contributed by atoms with Gasteiger partial charge in [0.1, 0.15) is 12.2 Å². The molecule has 0 saturated heterocycles. The molecule has 21 heavy (non-hydrogen) atoms. The Morgan fingerprint density at radius 1 is 1.33 bits per heavy atom. The number of carbonyl (C=O) groups excluding carboxylic acids is 1. The molecule has 1 saturated carbocycles. The van der Waals surface area contributed by atoms with Gasteiger partial charge in [-0.25, -0.2) is 4.98 Å². The number of nitrogen functional groups attached to an aromatic ring is 1. The van der Waals surface area contributed by atoms with Gasteiger partial charge in [0, 0.05) is 17.1 Å². The number of nitrogens with two attached hydrogens (primary N) is 1. The van der Waals surface area contributed by atoms with Gasteiger partial charge >= 0.3 is 5.97 Å². The molecule has 0 spiro atoms. The molecule has 1 heterocycles. The van der Waals surface area contributed by atoms with Crippen LogP contribution >= 0.6 is 0 Å². The highest BCUT2D eigenvalue weighted by molar-refractivity contribution is 6.00. The Kier molecular flexibility index (Phi) is 3.21. The molecule has 0 aliphatic heterocycles. The van der Waals surface area contributed by atoms with E-state index in [1.807, 2.05) is 18.2 Å². The van der Waals surface area contributed by atoms with Crippen molar-refractivity contribution in [3.63, 3.8) is 0 Å². The molecule has 2 aromatic rings. The van der Waals surface area contributed by atoms with Crippen LogP contribution in [0.5, 0.6) is 0 Å². The van der Waals surface area contributed by atoms with Crippen LogP contribution in [0.3, 0.4) is 0 Å². The normalized spacial score (nSPS) is 14.1. The zero-order valence-corrected chi connectivity index (χ0v) is 11.3. The van der Waals surface area contributed by atoms with Crippen molar-refractivity contribution >= 4 is 28.5 Å². The van der Waals surface area contributed by atoms with Crippen molar-refractivity contribution in [3.05, 3.63) is 36.0 Å². The van der Waals surface area contributed by atoms with Crippen molar-refractivity contribution in [1.29, 1.82) is 0 Å². The van der Waals surface area contributed by atoms with Crippen LogP contribution in [0.2, 0.25) is 0 Å². The van der Waals surface area contributed by atoms with Crippen LogP contribution in [0.4, 0.5) is 5.69 Å². The maximum Gasteiger partial charge on any atom is 0.323 e. The highest BCUT2D eigenvalue weighted by atomic mass is 16.4. The fourth-order valence-corrected chi connectivity index (χ4v) is 2.36. The van der Waals surface area contributed by atoms with Crippen molar-refractivity contribution < 1.29 is 14.7 Å². The summed E-state index contributed by atoms with van der Waals surface area (Å²) in [4.78, 5) is 29.1. The summed E-state index contributed by atoms with van der Waals surface area (Å²) in [6.45, 7) is -0.308. The van der Waals surface area contributed by atoms with E-state index in [1.165, 1.54) is 11.0 Å². The van der Waals surface area contributed by atoms with E-state index >= 15 is 0 Å². The number of aliphatic carboxylic acids is 1. The summed E-state index contributed by atoms with van der Waals surface area (Å²) in [5.41, 5.74) is 7.25. The smallest absolute Gasteiger partial charge is 0.323 e. The number of para-hydroxylation sites is 1. The molecule has 6 heteroatoms. The van der Waals surface area contributed by atoms with E-state index in [9.17, 15) is 9.59 Å². The third kappa shape index (κ3) is 2.65. The van der Waals surface area contributed by atoms with Crippen molar-refractivity contribution in [3.8, 4) is 0 Å². The lowest BCUT2D eigenvalue weighted by molar-refractivity contribution is -0.137. The Morgan fingerprint density at radius 2 is 2.05 bits per heavy atom. The molecule has 6 nitrogen and oxygen atoms in total. The number of fused-ring (bicyclic) bond motifs is 1. The standard InChI is InChI=1S/C15H15N3O3/c16-11-7-13(17-12-4-2-1-3-10(11)12)15(21)18(8-14(19)20)9-5-6-9/h1-4,7,9H,5-6,8H2,(H2,16,17)(H,19,20). The number of anilines is 1. The second kappa shape index (κ2) is 5.05. The summed E-state index contributed by atoms with van der Waals surface area (Å²) < 4.78 is 0. The van der Waals surface area contributed by atoms with E-state index in [4.69, 9.17) is 10.8 Å². The number of hydrogen-bond donors (Lipinski definition) is 2. The van der Waals surface area contributed by atoms with Gasteiger partial charge in [0.2, 0.25) is 0 Å². The number of rotatable bonds is 4. The molecule has 3 rings (SSSR count). The number of carbonyl (C=O) groups is 2. The molecule has 1 amide bonds. The molecule has 1 aromatic heterocycles. The van der Waals surface area contributed by atoms with Gasteiger partial charge in [-0.05, 0) is 25.0 Å². The Hall–Kier alpha value is -2.63. The number of carboxylic acids is 1. The third-order valence-electron chi connectivity index (χ3n) is 3.52. The molecule has 3 N–H and O–H groups in total. The molecule has 0 bridgehead atoms. The minimum Gasteiger partial charge on any atom is -0.480 e. The van der Waals surface area contributed by atoms with Gasteiger partial charge in [0.25, 0.3) is 5.91 Å². The second-order valence-electron chi connectivity index (χ2n) is 5.17. The summed E-state index contributed by atoms with van der Waals surface area (Å²) in [7, 11) is 0. The highest BCUT2D eigenvalue weighted by Crippen LogP contribution is 2.29. The quantitative estimate of drug-likeness (QED) is 0.887. The number of benzene rings is 1. The van der Waals surface area contributed by atoms with E-state index in [0.717, 1.165) is 18.2 Å². The van der Waals surface area contributed by atoms with Crippen molar-refractivity contribution in [1.82, 2.24) is 9.88 Å². The summed E-state index contributed by atoms with van der Waals surface area (Å²) in [6.07, 6.45) is 1.67. The minimum absolute atomic E-state index is 0.00287. The summed E-state index contributed by atoms with van der Waals surface area (Å²) in [5.74, 6) is -1.40. The maximum absolute atomic E-state index is 12.5. The SMILES string of the molecule is Nc1cc(C(=O)N(CC(=O)O)C2CC2)nc2ccccc12. The Bertz CT molecular complexity index is 725. The van der Waals surface area contributed by atoms with Gasteiger partial charge in [0.15, 0.2) is 0 Å². The van der Waals surface area contributed by atoms with Crippen molar-refractivity contribution in [2.75, 3.05) is 12.3 Å². The predicted octanol–water partition coefficient (Wildman–Crippen LogP) is 1.51. The first-order chi connectivity index (χ1) is 10.1. The van der Waals surface area contributed by atoms with E-state index in [-0.39, 0.29) is 24.2 Å². The summed E-state index contributed by atoms with van der Waals surface area (Å²) in [5, 5.41) is 9.73.